The summed E-state index contributed by atoms with van der Waals surface area (Å²) in [5.41, 5.74) is 0.170. The highest BCUT2D eigenvalue weighted by molar-refractivity contribution is 6.46. The first-order valence-corrected chi connectivity index (χ1v) is 3.95. The number of aromatic nitrogens is 1. The lowest BCUT2D eigenvalue weighted by molar-refractivity contribution is -0.0593. The number of aliphatic hydroxyl groups is 1. The third kappa shape index (κ3) is 2.08. The Morgan fingerprint density at radius 1 is 1.50 bits per heavy atom. The van der Waals surface area contributed by atoms with Gasteiger partial charge in [-0.05, 0) is 18.5 Å². The minimum atomic E-state index is -3.33. The molecule has 2 N–H and O–H groups in total. The van der Waals surface area contributed by atoms with Crippen LogP contribution in [0, 0.1) is 6.92 Å². The second-order valence-electron chi connectivity index (χ2n) is 2.86. The Balaban J connectivity index is 3.08. The van der Waals surface area contributed by atoms with Gasteiger partial charge in [-0.3, -0.25) is 4.98 Å². The first kappa shape index (κ1) is 11.1. The van der Waals surface area contributed by atoms with E-state index >= 15 is 0 Å². The van der Waals surface area contributed by atoms with Crippen molar-refractivity contribution in [2.24, 2.45) is 0 Å². The SMILES string of the molecule is Cc1nc(C(F)(F)CO)ccc1[B]O. The Morgan fingerprint density at radius 2 is 2.14 bits per heavy atom. The lowest BCUT2D eigenvalue weighted by atomic mass is 9.87. The summed E-state index contributed by atoms with van der Waals surface area (Å²) in [7, 11) is 0.795. The van der Waals surface area contributed by atoms with Gasteiger partial charge in [-0.25, -0.2) is 0 Å². The number of aryl methyl sites for hydroxylation is 1. The topological polar surface area (TPSA) is 53.4 Å². The Labute approximate surface area is 80.7 Å². The molecule has 1 radical (unpaired) electrons. The van der Waals surface area contributed by atoms with E-state index in [2.05, 4.69) is 4.98 Å². The number of hydrogen-bond donors (Lipinski definition) is 2. The largest absolute Gasteiger partial charge is 0.450 e. The average molecular weight is 200 g/mol. The fourth-order valence-corrected chi connectivity index (χ4v) is 0.993. The molecule has 0 unspecified atom stereocenters. The van der Waals surface area contributed by atoms with Gasteiger partial charge in [0.1, 0.15) is 12.3 Å². The first-order valence-electron chi connectivity index (χ1n) is 3.95. The van der Waals surface area contributed by atoms with E-state index < -0.39 is 18.2 Å². The molecule has 0 spiro atoms. The fourth-order valence-electron chi connectivity index (χ4n) is 0.993. The average Bonchev–Trinajstić information content (AvgIpc) is 2.17. The molecule has 3 nitrogen and oxygen atoms in total. The number of rotatable bonds is 3. The second-order valence-corrected chi connectivity index (χ2v) is 2.86. The molecular weight excluding hydrogens is 191 g/mol. The zero-order valence-corrected chi connectivity index (χ0v) is 7.54. The third-order valence-corrected chi connectivity index (χ3v) is 1.84. The van der Waals surface area contributed by atoms with E-state index in [0.29, 0.717) is 5.46 Å². The Bertz CT molecular complexity index is 333. The molecule has 0 aliphatic carbocycles. The smallest absolute Gasteiger partial charge is 0.328 e. The molecule has 1 aromatic rings. The van der Waals surface area contributed by atoms with Crippen molar-refractivity contribution in [2.75, 3.05) is 6.61 Å². The van der Waals surface area contributed by atoms with Crippen LogP contribution in [-0.2, 0) is 5.92 Å². The van der Waals surface area contributed by atoms with Gasteiger partial charge in [-0.15, -0.1) is 0 Å². The van der Waals surface area contributed by atoms with Crippen LogP contribution < -0.4 is 5.46 Å². The summed E-state index contributed by atoms with van der Waals surface area (Å²) in [5, 5.41) is 17.1. The molecule has 0 saturated carbocycles. The quantitative estimate of drug-likeness (QED) is 0.659. The molecule has 0 aromatic carbocycles. The van der Waals surface area contributed by atoms with Crippen molar-refractivity contribution in [3.63, 3.8) is 0 Å². The molecule has 0 aliphatic rings. The standard InChI is InChI=1S/C8H9BF2NO2/c1-5-6(9-14)2-3-7(12-5)8(10,11)4-13/h2-3,13-14H,4H2,1H3. The molecule has 0 atom stereocenters. The molecule has 1 rings (SSSR count). The van der Waals surface area contributed by atoms with Gasteiger partial charge in [-0.2, -0.15) is 8.78 Å². The van der Waals surface area contributed by atoms with Crippen molar-refractivity contribution in [1.82, 2.24) is 4.98 Å². The van der Waals surface area contributed by atoms with Gasteiger partial charge < -0.3 is 10.1 Å². The monoisotopic (exact) mass is 200 g/mol. The second kappa shape index (κ2) is 4.02. The van der Waals surface area contributed by atoms with Gasteiger partial charge in [0.15, 0.2) is 0 Å². The Morgan fingerprint density at radius 3 is 2.57 bits per heavy atom. The number of halogens is 2. The number of hydrogen-bond acceptors (Lipinski definition) is 3. The maximum atomic E-state index is 12.9. The van der Waals surface area contributed by atoms with E-state index in [0.717, 1.165) is 13.5 Å². The predicted molar refractivity (Wildman–Crippen MR) is 47.6 cm³/mol. The molecule has 6 heteroatoms. The molecule has 0 amide bonds. The normalized spacial score (nSPS) is 11.5. The van der Waals surface area contributed by atoms with Crippen LogP contribution in [0.2, 0.25) is 0 Å². The van der Waals surface area contributed by atoms with Crippen LogP contribution in [0.15, 0.2) is 12.1 Å². The number of aliphatic hydroxyl groups excluding tert-OH is 1. The fraction of sp³-hybridized carbons (Fsp3) is 0.375. The zero-order chi connectivity index (χ0) is 10.8. The highest BCUT2D eigenvalue weighted by Crippen LogP contribution is 2.24. The van der Waals surface area contributed by atoms with Gasteiger partial charge >= 0.3 is 13.4 Å². The van der Waals surface area contributed by atoms with Crippen LogP contribution in [0.4, 0.5) is 8.78 Å². The molecule has 0 fully saturated rings. The van der Waals surface area contributed by atoms with E-state index in [-0.39, 0.29) is 5.69 Å². The van der Waals surface area contributed by atoms with Crippen LogP contribution in [-0.4, -0.2) is 29.2 Å². The van der Waals surface area contributed by atoms with Crippen molar-refractivity contribution < 1.29 is 18.9 Å². The molecular formula is C8H9BF2NO2. The van der Waals surface area contributed by atoms with Crippen LogP contribution >= 0.6 is 0 Å². The summed E-state index contributed by atoms with van der Waals surface area (Å²) in [6, 6.07) is 2.40. The summed E-state index contributed by atoms with van der Waals surface area (Å²) < 4.78 is 25.8. The number of alkyl halides is 2. The highest BCUT2D eigenvalue weighted by Gasteiger charge is 2.32. The maximum absolute atomic E-state index is 12.9. The van der Waals surface area contributed by atoms with Crippen LogP contribution in [0.5, 0.6) is 0 Å². The summed E-state index contributed by atoms with van der Waals surface area (Å²) in [5.74, 6) is -3.33. The van der Waals surface area contributed by atoms with E-state index in [9.17, 15) is 8.78 Å². The third-order valence-electron chi connectivity index (χ3n) is 1.84. The summed E-state index contributed by atoms with van der Waals surface area (Å²) in [6.07, 6.45) is 0. The lowest BCUT2D eigenvalue weighted by Crippen LogP contribution is -2.25. The number of nitrogens with zero attached hydrogens (tertiary/aromatic N) is 1. The van der Waals surface area contributed by atoms with E-state index in [1.807, 2.05) is 0 Å². The lowest BCUT2D eigenvalue weighted by Gasteiger charge is -2.13. The Kier molecular flexibility index (Phi) is 3.18. The minimum absolute atomic E-state index is 0.290. The number of pyridine rings is 1. The van der Waals surface area contributed by atoms with Crippen LogP contribution in [0.25, 0.3) is 0 Å². The van der Waals surface area contributed by atoms with Crippen LogP contribution in [0.3, 0.4) is 0 Å². The van der Waals surface area contributed by atoms with Gasteiger partial charge in [0.25, 0.3) is 0 Å². The predicted octanol–water partition coefficient (Wildman–Crippen LogP) is -0.289. The van der Waals surface area contributed by atoms with E-state index in [4.69, 9.17) is 10.1 Å². The first-order chi connectivity index (χ1) is 6.51. The molecule has 75 valence electrons. The van der Waals surface area contributed by atoms with Gasteiger partial charge in [0.2, 0.25) is 0 Å². The molecule has 14 heavy (non-hydrogen) atoms. The van der Waals surface area contributed by atoms with Gasteiger partial charge in [0, 0.05) is 5.69 Å². The highest BCUT2D eigenvalue weighted by atomic mass is 19.3. The van der Waals surface area contributed by atoms with Crippen molar-refractivity contribution >= 4 is 12.9 Å². The molecule has 1 aromatic heterocycles. The Hall–Kier alpha value is -1.01. The maximum Gasteiger partial charge on any atom is 0.328 e. The molecule has 0 saturated heterocycles. The molecule has 0 aliphatic heterocycles. The van der Waals surface area contributed by atoms with E-state index in [1.54, 1.807) is 0 Å². The zero-order valence-electron chi connectivity index (χ0n) is 7.54. The summed E-state index contributed by atoms with van der Waals surface area (Å²) >= 11 is 0. The van der Waals surface area contributed by atoms with Crippen LogP contribution in [0.1, 0.15) is 11.4 Å². The van der Waals surface area contributed by atoms with Crippen molar-refractivity contribution in [2.45, 2.75) is 12.8 Å². The van der Waals surface area contributed by atoms with Crippen molar-refractivity contribution in [3.05, 3.63) is 23.5 Å². The van der Waals surface area contributed by atoms with E-state index in [1.165, 1.54) is 13.0 Å². The van der Waals surface area contributed by atoms with Gasteiger partial charge in [0.05, 0.1) is 0 Å². The summed E-state index contributed by atoms with van der Waals surface area (Å²) in [4.78, 5) is 3.59. The van der Waals surface area contributed by atoms with Crippen molar-refractivity contribution in [1.29, 1.82) is 0 Å². The summed E-state index contributed by atoms with van der Waals surface area (Å²) in [6.45, 7) is 0.223. The van der Waals surface area contributed by atoms with Crippen molar-refractivity contribution in [3.8, 4) is 0 Å². The minimum Gasteiger partial charge on any atom is -0.450 e. The molecule has 1 heterocycles. The molecule has 0 bridgehead atoms. The van der Waals surface area contributed by atoms with Gasteiger partial charge in [-0.1, -0.05) is 6.07 Å².